The number of carbonyl (C=O) groups excluding carboxylic acids is 1. The summed E-state index contributed by atoms with van der Waals surface area (Å²) in [5.41, 5.74) is -4.37. The zero-order chi connectivity index (χ0) is 39.7. The fourth-order valence-corrected chi connectivity index (χ4v) is 8.74. The number of ether oxygens (including phenoxy) is 6. The summed E-state index contributed by atoms with van der Waals surface area (Å²) in [5, 5.41) is 58.1. The molecule has 3 aliphatic heterocycles. The Morgan fingerprint density at radius 1 is 0.926 bits per heavy atom. The summed E-state index contributed by atoms with van der Waals surface area (Å²) in [6, 6.07) is -0.808. The summed E-state index contributed by atoms with van der Waals surface area (Å²) >= 11 is 0. The van der Waals surface area contributed by atoms with E-state index in [4.69, 9.17) is 28.4 Å². The largest absolute Gasteiger partial charge is 0.459 e. The predicted octanol–water partition coefficient (Wildman–Crippen LogP) is 0.251. The lowest BCUT2D eigenvalue weighted by molar-refractivity contribution is -0.318. The number of esters is 1. The van der Waals surface area contributed by atoms with Crippen molar-refractivity contribution in [2.45, 2.75) is 185 Å². The molecule has 0 aromatic rings. The van der Waals surface area contributed by atoms with Gasteiger partial charge in [0.1, 0.15) is 30.0 Å². The molecule has 16 heteroatoms. The van der Waals surface area contributed by atoms with Gasteiger partial charge in [-0.1, -0.05) is 20.8 Å². The molecule has 0 aromatic heterocycles. The second-order valence-electron chi connectivity index (χ2n) is 17.2. The van der Waals surface area contributed by atoms with E-state index in [1.54, 1.807) is 41.5 Å². The average Bonchev–Trinajstić information content (AvgIpc) is 3.05. The number of aliphatic hydroxyl groups is 5. The molecule has 3 rings (SSSR count). The van der Waals surface area contributed by atoms with Crippen molar-refractivity contribution in [3.8, 4) is 0 Å². The molecule has 54 heavy (non-hydrogen) atoms. The number of hydrogen-bond donors (Lipinski definition) is 5. The molecule has 3 saturated heterocycles. The maximum Gasteiger partial charge on any atom is 0.311 e. The first kappa shape index (κ1) is 50.9. The van der Waals surface area contributed by atoms with E-state index in [1.165, 1.54) is 14.0 Å². The third kappa shape index (κ3) is 11.3. The molecule has 0 aromatic carbocycles. The first-order chi connectivity index (χ1) is 23.9. The molecule has 0 radical (unpaired) electrons. The molecule has 0 amide bonds. The van der Waals surface area contributed by atoms with Gasteiger partial charge in [-0.2, -0.15) is 0 Å². The van der Waals surface area contributed by atoms with Crippen molar-refractivity contribution in [3.05, 3.63) is 0 Å². The number of nitrogens with zero attached hydrogens (tertiary/aromatic N) is 2. The summed E-state index contributed by atoms with van der Waals surface area (Å²) in [6.45, 7) is 18.0. The molecule has 0 spiro atoms. The van der Waals surface area contributed by atoms with E-state index < -0.39 is 96.0 Å². The van der Waals surface area contributed by atoms with Crippen LogP contribution in [0.15, 0.2) is 0 Å². The SMILES string of the molecule is CCC1OC(=O)[C@H](C)[C@@H](O[C@H]2C[C@@](C)(OC)[C@@H](O)[C@H](C)O2)C(C)[C@@H](O[C@@H]2O[C@H](C)C[C@H](N(C)C)[C@H]2O)[C@](C)(O)C[C@@H](C)CN(C)[C@H](C)[C@@H](O)[C@]1(C)O.O.O. The first-order valence-corrected chi connectivity index (χ1v) is 19.1. The lowest BCUT2D eigenvalue weighted by Gasteiger charge is -2.48. The number of methoxy groups -OCH3 is 1. The molecule has 3 aliphatic rings. The minimum Gasteiger partial charge on any atom is -0.459 e. The molecule has 3 heterocycles. The number of rotatable bonds is 7. The average molecular weight is 785 g/mol. The Hall–Kier alpha value is -1.09. The quantitative estimate of drug-likeness (QED) is 0.218. The van der Waals surface area contributed by atoms with Gasteiger partial charge in [-0.3, -0.25) is 4.79 Å². The molecular weight excluding hydrogens is 708 g/mol. The summed E-state index contributed by atoms with van der Waals surface area (Å²) in [6.07, 6.45) is -8.19. The second-order valence-corrected chi connectivity index (χ2v) is 17.2. The minimum atomic E-state index is -1.80. The van der Waals surface area contributed by atoms with Crippen LogP contribution in [-0.2, 0) is 33.2 Å². The van der Waals surface area contributed by atoms with Crippen molar-refractivity contribution in [1.29, 1.82) is 0 Å². The summed E-state index contributed by atoms with van der Waals surface area (Å²) < 4.78 is 37.5. The van der Waals surface area contributed by atoms with Gasteiger partial charge in [-0.25, -0.2) is 0 Å². The Morgan fingerprint density at radius 2 is 1.52 bits per heavy atom. The van der Waals surface area contributed by atoms with Crippen LogP contribution in [0.4, 0.5) is 0 Å². The molecule has 16 nitrogen and oxygen atoms in total. The Balaban J connectivity index is 0.00000729. The zero-order valence-electron chi connectivity index (χ0n) is 35.2. The van der Waals surface area contributed by atoms with E-state index in [-0.39, 0.29) is 48.3 Å². The highest BCUT2D eigenvalue weighted by Gasteiger charge is 2.52. The Labute approximate surface area is 323 Å². The van der Waals surface area contributed by atoms with Crippen LogP contribution in [-0.4, -0.2) is 177 Å². The highest BCUT2D eigenvalue weighted by molar-refractivity contribution is 5.73. The van der Waals surface area contributed by atoms with E-state index >= 15 is 0 Å². The number of likely N-dealkylation sites (N-methyl/N-ethyl adjacent to an activating group) is 2. The molecule has 3 fully saturated rings. The van der Waals surface area contributed by atoms with Gasteiger partial charge in [0.25, 0.3) is 0 Å². The van der Waals surface area contributed by atoms with Gasteiger partial charge in [0.15, 0.2) is 12.6 Å². The molecule has 0 saturated carbocycles. The van der Waals surface area contributed by atoms with Gasteiger partial charge >= 0.3 is 5.97 Å². The zero-order valence-corrected chi connectivity index (χ0v) is 35.2. The van der Waals surface area contributed by atoms with Crippen LogP contribution >= 0.6 is 0 Å². The van der Waals surface area contributed by atoms with Crippen molar-refractivity contribution >= 4 is 5.97 Å². The van der Waals surface area contributed by atoms with Gasteiger partial charge in [-0.15, -0.1) is 0 Å². The van der Waals surface area contributed by atoms with Crippen LogP contribution in [0.3, 0.4) is 0 Å². The third-order valence-electron chi connectivity index (χ3n) is 12.2. The van der Waals surface area contributed by atoms with Crippen LogP contribution in [0.1, 0.15) is 94.9 Å². The maximum absolute atomic E-state index is 14.2. The normalized spacial score (nSPS) is 47.8. The predicted molar refractivity (Wildman–Crippen MR) is 201 cm³/mol. The maximum atomic E-state index is 14.2. The van der Waals surface area contributed by atoms with E-state index in [1.807, 2.05) is 51.7 Å². The molecule has 2 unspecified atom stereocenters. The highest BCUT2D eigenvalue weighted by Crippen LogP contribution is 2.40. The smallest absolute Gasteiger partial charge is 0.311 e. The van der Waals surface area contributed by atoms with Crippen molar-refractivity contribution in [3.63, 3.8) is 0 Å². The highest BCUT2D eigenvalue weighted by atomic mass is 16.7. The van der Waals surface area contributed by atoms with Crippen LogP contribution in [0.5, 0.6) is 0 Å². The second kappa shape index (κ2) is 20.1. The molecule has 322 valence electrons. The number of cyclic esters (lactones) is 1. The Morgan fingerprint density at radius 3 is 2.06 bits per heavy atom. The van der Waals surface area contributed by atoms with E-state index in [0.717, 1.165) is 0 Å². The fourth-order valence-electron chi connectivity index (χ4n) is 8.74. The van der Waals surface area contributed by atoms with Gasteiger partial charge in [0.2, 0.25) is 0 Å². The lowest BCUT2D eigenvalue weighted by atomic mass is 9.77. The first-order valence-electron chi connectivity index (χ1n) is 19.1. The number of aliphatic hydroxyl groups excluding tert-OH is 3. The molecule has 0 bridgehead atoms. The van der Waals surface area contributed by atoms with Crippen molar-refractivity contribution in [2.24, 2.45) is 17.8 Å². The van der Waals surface area contributed by atoms with E-state index in [2.05, 4.69) is 0 Å². The van der Waals surface area contributed by atoms with E-state index in [9.17, 15) is 30.3 Å². The summed E-state index contributed by atoms with van der Waals surface area (Å²) in [5.74, 6) is -2.58. The molecular formula is C38H76N2O14. The fraction of sp³-hybridized carbons (Fsp3) is 0.974. The standard InChI is InChI=1S/C38H72N2O12.2H2O/c1-15-27-38(10,46)31(42)24(6)40(13)19-20(2)17-36(8,45)33(52-35-29(41)26(39(11)12)16-21(3)48-35)22(4)30(23(5)34(44)50-27)51-28-18-37(9,47-14)32(43)25(7)49-28;;/h20-33,35,41-43,45-46H,15-19H2,1-14H3;2*1H2/t20-,21-,22?,23-,24-,25+,26+,27?,28+,29-,30+,31-,32+,33-,35+,36-,37-,38-;;/m1../s1. The van der Waals surface area contributed by atoms with Gasteiger partial charge in [-0.05, 0) is 94.8 Å². The number of hydrogen-bond acceptors (Lipinski definition) is 14. The molecule has 18 atom stereocenters. The van der Waals surface area contributed by atoms with Crippen LogP contribution in [0.25, 0.3) is 0 Å². The van der Waals surface area contributed by atoms with Crippen molar-refractivity contribution < 1.29 is 69.7 Å². The van der Waals surface area contributed by atoms with Gasteiger partial charge < -0.3 is 74.7 Å². The third-order valence-corrected chi connectivity index (χ3v) is 12.2. The van der Waals surface area contributed by atoms with Crippen molar-refractivity contribution in [2.75, 3.05) is 34.8 Å². The molecule has 9 N–H and O–H groups in total. The Kier molecular flexibility index (Phi) is 18.9. The summed E-state index contributed by atoms with van der Waals surface area (Å²) in [4.78, 5) is 18.0. The Bertz CT molecular complexity index is 1150. The topological polar surface area (TPSA) is 243 Å². The van der Waals surface area contributed by atoms with Gasteiger partial charge in [0.05, 0.1) is 41.5 Å². The number of carbonyl (C=O) groups is 1. The van der Waals surface area contributed by atoms with Crippen LogP contribution in [0, 0.1) is 17.8 Å². The molecule has 0 aliphatic carbocycles. The van der Waals surface area contributed by atoms with Crippen LogP contribution < -0.4 is 0 Å². The minimum absolute atomic E-state index is 0. The summed E-state index contributed by atoms with van der Waals surface area (Å²) in [7, 11) is 7.12. The lowest BCUT2D eigenvalue weighted by Crippen LogP contribution is -2.60. The van der Waals surface area contributed by atoms with Gasteiger partial charge in [0, 0.05) is 38.1 Å². The van der Waals surface area contributed by atoms with Crippen LogP contribution in [0.2, 0.25) is 0 Å². The van der Waals surface area contributed by atoms with E-state index in [0.29, 0.717) is 13.0 Å². The van der Waals surface area contributed by atoms with Crippen molar-refractivity contribution in [1.82, 2.24) is 9.80 Å². The monoisotopic (exact) mass is 785 g/mol.